The van der Waals surface area contributed by atoms with E-state index in [0.29, 0.717) is 24.0 Å². The molecule has 1 aliphatic heterocycles. The average Bonchev–Trinajstić information content (AvgIpc) is 2.42. The van der Waals surface area contributed by atoms with E-state index < -0.39 is 0 Å². The molecule has 3 N–H and O–H groups in total. The normalized spacial score (nSPS) is 24.1. The van der Waals surface area contributed by atoms with Crippen LogP contribution in [0.25, 0.3) is 10.9 Å². The van der Waals surface area contributed by atoms with Crippen molar-refractivity contribution in [3.63, 3.8) is 0 Å². The number of nitrogens with one attached hydrogen (secondary N) is 1. The third-order valence-corrected chi connectivity index (χ3v) is 4.07. The Bertz CT molecular complexity index is 666. The summed E-state index contributed by atoms with van der Waals surface area (Å²) in [6, 6.07) is 8.16. The van der Waals surface area contributed by atoms with Crippen molar-refractivity contribution >= 4 is 10.9 Å². The third-order valence-electron chi connectivity index (χ3n) is 4.07. The second kappa shape index (κ2) is 5.34. The molecular formula is C15H20N4O. The predicted octanol–water partition coefficient (Wildman–Crippen LogP) is 1.23. The summed E-state index contributed by atoms with van der Waals surface area (Å²) in [7, 11) is 0. The van der Waals surface area contributed by atoms with E-state index in [0.717, 1.165) is 30.7 Å². The highest BCUT2D eigenvalue weighted by Gasteiger charge is 2.23. The summed E-state index contributed by atoms with van der Waals surface area (Å²) in [5.41, 5.74) is 6.67. The summed E-state index contributed by atoms with van der Waals surface area (Å²) in [4.78, 5) is 21.8. The predicted molar refractivity (Wildman–Crippen MR) is 79.4 cm³/mol. The number of aromatic amines is 1. The van der Waals surface area contributed by atoms with Gasteiger partial charge in [0.25, 0.3) is 5.56 Å². The lowest BCUT2D eigenvalue weighted by molar-refractivity contribution is 0.136. The minimum Gasteiger partial charge on any atom is -0.328 e. The Balaban J connectivity index is 1.86. The molecule has 2 heterocycles. The van der Waals surface area contributed by atoms with Crippen LogP contribution in [0, 0.1) is 0 Å². The van der Waals surface area contributed by atoms with Gasteiger partial charge in [-0.15, -0.1) is 0 Å². The van der Waals surface area contributed by atoms with Crippen LogP contribution in [-0.4, -0.2) is 33.5 Å². The van der Waals surface area contributed by atoms with Gasteiger partial charge in [0.05, 0.1) is 17.4 Å². The van der Waals surface area contributed by atoms with Gasteiger partial charge < -0.3 is 10.7 Å². The number of nitrogens with zero attached hydrogens (tertiary/aromatic N) is 2. The largest absolute Gasteiger partial charge is 0.328 e. The van der Waals surface area contributed by atoms with Crippen LogP contribution in [0.2, 0.25) is 0 Å². The van der Waals surface area contributed by atoms with Crippen molar-refractivity contribution in [2.24, 2.45) is 5.73 Å². The van der Waals surface area contributed by atoms with Gasteiger partial charge in [-0.25, -0.2) is 4.98 Å². The number of likely N-dealkylation sites (tertiary alicyclic amines) is 1. The maximum atomic E-state index is 12.0. The van der Waals surface area contributed by atoms with Gasteiger partial charge in [-0.05, 0) is 31.9 Å². The lowest BCUT2D eigenvalue weighted by atomic mass is 9.99. The van der Waals surface area contributed by atoms with Crippen LogP contribution < -0.4 is 11.3 Å². The van der Waals surface area contributed by atoms with Gasteiger partial charge in [0, 0.05) is 18.6 Å². The van der Waals surface area contributed by atoms with E-state index in [1.165, 1.54) is 0 Å². The van der Waals surface area contributed by atoms with Crippen molar-refractivity contribution < 1.29 is 0 Å². The standard InChI is InChI=1S/C15H20N4O/c1-10-8-11(16)6-7-19(10)9-14-17-13-5-3-2-4-12(13)15(20)18-14/h2-5,10-11H,6-9,16H2,1H3,(H,17,18,20). The molecule has 5 heteroatoms. The van der Waals surface area contributed by atoms with Crippen LogP contribution in [0.4, 0.5) is 0 Å². The highest BCUT2D eigenvalue weighted by Crippen LogP contribution is 2.17. The van der Waals surface area contributed by atoms with Gasteiger partial charge in [0.1, 0.15) is 5.82 Å². The Morgan fingerprint density at radius 1 is 1.45 bits per heavy atom. The molecule has 0 aliphatic carbocycles. The molecule has 0 amide bonds. The van der Waals surface area contributed by atoms with E-state index in [1.54, 1.807) is 6.07 Å². The van der Waals surface area contributed by atoms with Crippen molar-refractivity contribution in [3.05, 3.63) is 40.4 Å². The number of aromatic nitrogens is 2. The number of hydrogen-bond acceptors (Lipinski definition) is 4. The number of para-hydroxylation sites is 1. The van der Waals surface area contributed by atoms with E-state index in [9.17, 15) is 4.79 Å². The van der Waals surface area contributed by atoms with Gasteiger partial charge in [-0.3, -0.25) is 9.69 Å². The molecule has 3 rings (SSSR count). The van der Waals surface area contributed by atoms with Gasteiger partial charge >= 0.3 is 0 Å². The molecule has 5 nitrogen and oxygen atoms in total. The lowest BCUT2D eigenvalue weighted by Crippen LogP contribution is -2.45. The Labute approximate surface area is 117 Å². The van der Waals surface area contributed by atoms with E-state index in [2.05, 4.69) is 21.8 Å². The summed E-state index contributed by atoms with van der Waals surface area (Å²) < 4.78 is 0. The van der Waals surface area contributed by atoms with Crippen LogP contribution in [0.15, 0.2) is 29.1 Å². The molecule has 2 atom stereocenters. The number of H-pyrrole nitrogens is 1. The van der Waals surface area contributed by atoms with E-state index in [4.69, 9.17) is 5.73 Å². The third kappa shape index (κ3) is 2.59. The summed E-state index contributed by atoms with van der Waals surface area (Å²) in [5, 5.41) is 0.643. The lowest BCUT2D eigenvalue weighted by Gasteiger charge is -2.35. The smallest absolute Gasteiger partial charge is 0.258 e. The minimum atomic E-state index is -0.0630. The number of fused-ring (bicyclic) bond motifs is 1. The summed E-state index contributed by atoms with van der Waals surface area (Å²) in [6.07, 6.45) is 2.00. The summed E-state index contributed by atoms with van der Waals surface area (Å²) in [5.74, 6) is 0.732. The maximum Gasteiger partial charge on any atom is 0.258 e. The van der Waals surface area contributed by atoms with E-state index in [-0.39, 0.29) is 5.56 Å². The van der Waals surface area contributed by atoms with Gasteiger partial charge in [0.2, 0.25) is 0 Å². The van der Waals surface area contributed by atoms with Crippen LogP contribution >= 0.6 is 0 Å². The van der Waals surface area contributed by atoms with Crippen molar-refractivity contribution in [2.45, 2.75) is 38.4 Å². The van der Waals surface area contributed by atoms with Crippen LogP contribution in [0.5, 0.6) is 0 Å². The Morgan fingerprint density at radius 2 is 2.25 bits per heavy atom. The second-order valence-electron chi connectivity index (χ2n) is 5.63. The Kier molecular flexibility index (Phi) is 3.54. The number of rotatable bonds is 2. The second-order valence-corrected chi connectivity index (χ2v) is 5.63. The fourth-order valence-corrected chi connectivity index (χ4v) is 2.89. The fourth-order valence-electron chi connectivity index (χ4n) is 2.89. The molecule has 1 aromatic heterocycles. The molecule has 1 aromatic carbocycles. The quantitative estimate of drug-likeness (QED) is 0.862. The van der Waals surface area contributed by atoms with Crippen molar-refractivity contribution in [2.75, 3.05) is 6.54 Å². The summed E-state index contributed by atoms with van der Waals surface area (Å²) >= 11 is 0. The van der Waals surface area contributed by atoms with Crippen LogP contribution in [0.1, 0.15) is 25.6 Å². The first-order chi connectivity index (χ1) is 9.63. The first-order valence-electron chi connectivity index (χ1n) is 7.11. The molecule has 106 valence electrons. The highest BCUT2D eigenvalue weighted by atomic mass is 16.1. The SMILES string of the molecule is CC1CC(N)CCN1Cc1nc2ccccc2c(=O)[nH]1. The first kappa shape index (κ1) is 13.3. The Morgan fingerprint density at radius 3 is 3.05 bits per heavy atom. The molecule has 1 fully saturated rings. The monoisotopic (exact) mass is 272 g/mol. The minimum absolute atomic E-state index is 0.0630. The molecular weight excluding hydrogens is 252 g/mol. The molecule has 0 radical (unpaired) electrons. The topological polar surface area (TPSA) is 75.0 Å². The molecule has 1 aliphatic rings. The zero-order chi connectivity index (χ0) is 14.1. The van der Waals surface area contributed by atoms with Gasteiger partial charge in [0.15, 0.2) is 0 Å². The highest BCUT2D eigenvalue weighted by molar-refractivity contribution is 5.77. The molecule has 0 spiro atoms. The number of nitrogens with two attached hydrogens (primary N) is 1. The van der Waals surface area contributed by atoms with Crippen molar-refractivity contribution in [1.82, 2.24) is 14.9 Å². The number of hydrogen-bond donors (Lipinski definition) is 2. The zero-order valence-corrected chi connectivity index (χ0v) is 11.7. The number of benzene rings is 1. The van der Waals surface area contributed by atoms with E-state index in [1.807, 2.05) is 18.2 Å². The van der Waals surface area contributed by atoms with Gasteiger partial charge in [-0.2, -0.15) is 0 Å². The number of piperidine rings is 1. The molecule has 2 aromatic rings. The molecule has 20 heavy (non-hydrogen) atoms. The zero-order valence-electron chi connectivity index (χ0n) is 11.7. The molecule has 2 unspecified atom stereocenters. The average molecular weight is 272 g/mol. The van der Waals surface area contributed by atoms with Crippen LogP contribution in [0.3, 0.4) is 0 Å². The summed E-state index contributed by atoms with van der Waals surface area (Å²) in [6.45, 7) is 3.81. The first-order valence-corrected chi connectivity index (χ1v) is 7.11. The van der Waals surface area contributed by atoms with Gasteiger partial charge in [-0.1, -0.05) is 12.1 Å². The van der Waals surface area contributed by atoms with Crippen molar-refractivity contribution in [1.29, 1.82) is 0 Å². The Hall–Kier alpha value is -1.72. The van der Waals surface area contributed by atoms with Crippen molar-refractivity contribution in [3.8, 4) is 0 Å². The molecule has 0 bridgehead atoms. The fraction of sp³-hybridized carbons (Fsp3) is 0.467. The molecule has 1 saturated heterocycles. The molecule has 0 saturated carbocycles. The maximum absolute atomic E-state index is 12.0. The van der Waals surface area contributed by atoms with E-state index >= 15 is 0 Å². The van der Waals surface area contributed by atoms with Crippen LogP contribution in [-0.2, 0) is 6.54 Å².